The molecule has 2 aromatic rings. The van der Waals surface area contributed by atoms with Gasteiger partial charge in [-0.2, -0.15) is 0 Å². The van der Waals surface area contributed by atoms with Gasteiger partial charge in [-0.05, 0) is 31.5 Å². The largest absolute Gasteiger partial charge is 0.550 e. The third-order valence-corrected chi connectivity index (χ3v) is 4.58. The highest BCUT2D eigenvalue weighted by atomic mass is 35.5. The van der Waals surface area contributed by atoms with Crippen LogP contribution < -0.4 is 10.4 Å². The van der Waals surface area contributed by atoms with E-state index in [-0.39, 0.29) is 12.3 Å². The monoisotopic (exact) mass is 337 g/mol. The van der Waals surface area contributed by atoms with Crippen molar-refractivity contribution in [2.24, 2.45) is 0 Å². The van der Waals surface area contributed by atoms with Crippen LogP contribution in [0.15, 0.2) is 23.6 Å². The van der Waals surface area contributed by atoms with Crippen LogP contribution in [0.3, 0.4) is 0 Å². The molecule has 0 aliphatic rings. The average Bonchev–Trinajstić information content (AvgIpc) is 2.89. The lowest BCUT2D eigenvalue weighted by molar-refractivity contribution is -0.304. The van der Waals surface area contributed by atoms with E-state index >= 15 is 0 Å². The van der Waals surface area contributed by atoms with Gasteiger partial charge in [0.1, 0.15) is 5.01 Å². The summed E-state index contributed by atoms with van der Waals surface area (Å²) in [5.74, 6) is -1.90. The standard InChI is InChI=1S/C15H15ClN2O3S/c1-8-3-4-10(5-12(8)16)17-14(21)9(2)15-18-11(7-22-15)6-13(19)20/h3-5,7,9H,6H2,1-2H3,(H,17,21)(H,19,20)/p-1/t9-/m1/s1. The van der Waals surface area contributed by atoms with Crippen LogP contribution in [0.25, 0.3) is 0 Å². The van der Waals surface area contributed by atoms with Crippen molar-refractivity contribution in [2.45, 2.75) is 26.2 Å². The van der Waals surface area contributed by atoms with Crippen LogP contribution in [-0.4, -0.2) is 16.9 Å². The molecular weight excluding hydrogens is 324 g/mol. The van der Waals surface area contributed by atoms with Gasteiger partial charge >= 0.3 is 0 Å². The van der Waals surface area contributed by atoms with E-state index < -0.39 is 11.9 Å². The molecule has 1 aromatic heterocycles. The van der Waals surface area contributed by atoms with Crippen molar-refractivity contribution in [3.05, 3.63) is 44.9 Å². The molecule has 1 heterocycles. The van der Waals surface area contributed by atoms with E-state index in [1.807, 2.05) is 13.0 Å². The Hall–Kier alpha value is -1.92. The Bertz CT molecular complexity index is 715. The number of aliphatic carboxylic acids is 1. The summed E-state index contributed by atoms with van der Waals surface area (Å²) >= 11 is 7.28. The van der Waals surface area contributed by atoms with Gasteiger partial charge in [-0.15, -0.1) is 11.3 Å². The first-order valence-electron chi connectivity index (χ1n) is 6.58. The van der Waals surface area contributed by atoms with Crippen LogP contribution in [0.5, 0.6) is 0 Å². The van der Waals surface area contributed by atoms with E-state index in [4.69, 9.17) is 11.6 Å². The van der Waals surface area contributed by atoms with E-state index in [0.29, 0.717) is 21.4 Å². The Labute approximate surface area is 137 Å². The van der Waals surface area contributed by atoms with Gasteiger partial charge in [0.15, 0.2) is 0 Å². The lowest BCUT2D eigenvalue weighted by atomic mass is 10.1. The first-order chi connectivity index (χ1) is 10.4. The molecule has 0 saturated carbocycles. The summed E-state index contributed by atoms with van der Waals surface area (Å²) in [6.45, 7) is 3.59. The average molecular weight is 338 g/mol. The van der Waals surface area contributed by atoms with E-state index in [1.165, 1.54) is 11.3 Å². The Morgan fingerprint density at radius 3 is 2.82 bits per heavy atom. The maximum Gasteiger partial charge on any atom is 0.234 e. The van der Waals surface area contributed by atoms with Gasteiger partial charge in [-0.25, -0.2) is 4.98 Å². The number of hydrogen-bond acceptors (Lipinski definition) is 5. The molecule has 22 heavy (non-hydrogen) atoms. The van der Waals surface area contributed by atoms with Crippen molar-refractivity contribution >= 4 is 40.5 Å². The summed E-state index contributed by atoms with van der Waals surface area (Å²) in [4.78, 5) is 26.9. The third kappa shape index (κ3) is 4.05. The number of carboxylic acid groups (broad SMARTS) is 1. The number of nitrogens with one attached hydrogen (secondary N) is 1. The fourth-order valence-corrected chi connectivity index (χ4v) is 2.84. The fraction of sp³-hybridized carbons (Fsp3) is 0.267. The van der Waals surface area contributed by atoms with Crippen LogP contribution in [0.2, 0.25) is 5.02 Å². The van der Waals surface area contributed by atoms with E-state index in [1.54, 1.807) is 24.4 Å². The number of benzene rings is 1. The quantitative estimate of drug-likeness (QED) is 0.906. The first kappa shape index (κ1) is 16.5. The van der Waals surface area contributed by atoms with E-state index in [9.17, 15) is 14.7 Å². The van der Waals surface area contributed by atoms with E-state index in [0.717, 1.165) is 5.56 Å². The molecule has 0 bridgehead atoms. The molecule has 0 aliphatic carbocycles. The molecule has 116 valence electrons. The number of thiazole rings is 1. The zero-order valence-electron chi connectivity index (χ0n) is 12.1. The minimum absolute atomic E-state index is 0.228. The zero-order chi connectivity index (χ0) is 16.3. The SMILES string of the molecule is Cc1ccc(NC(=O)[C@@H](C)c2nc(CC(=O)[O-])cs2)cc1Cl. The first-order valence-corrected chi connectivity index (χ1v) is 7.83. The number of aromatic nitrogens is 1. The Morgan fingerprint density at radius 2 is 2.18 bits per heavy atom. The maximum atomic E-state index is 12.2. The molecule has 2 rings (SSSR count). The lowest BCUT2D eigenvalue weighted by Gasteiger charge is -2.11. The highest BCUT2D eigenvalue weighted by molar-refractivity contribution is 7.09. The second kappa shape index (κ2) is 6.89. The third-order valence-electron chi connectivity index (χ3n) is 3.10. The van der Waals surface area contributed by atoms with Crippen molar-refractivity contribution in [1.29, 1.82) is 0 Å². The number of halogens is 1. The number of nitrogens with zero attached hydrogens (tertiary/aromatic N) is 1. The van der Waals surface area contributed by atoms with Crippen molar-refractivity contribution in [3.63, 3.8) is 0 Å². The molecule has 1 aromatic carbocycles. The highest BCUT2D eigenvalue weighted by Crippen LogP contribution is 2.24. The molecular formula is C15H14ClN2O3S-. The maximum absolute atomic E-state index is 12.2. The number of anilines is 1. The van der Waals surface area contributed by atoms with Gasteiger partial charge in [-0.3, -0.25) is 4.79 Å². The number of carbonyl (C=O) groups is 2. The zero-order valence-corrected chi connectivity index (χ0v) is 13.6. The molecule has 1 atom stereocenters. The van der Waals surface area contributed by atoms with Crippen molar-refractivity contribution in [2.75, 3.05) is 5.32 Å². The number of amides is 1. The Morgan fingerprint density at radius 1 is 1.45 bits per heavy atom. The second-order valence-electron chi connectivity index (χ2n) is 4.90. The summed E-state index contributed by atoms with van der Waals surface area (Å²) in [6, 6.07) is 5.28. The van der Waals surface area contributed by atoms with Crippen molar-refractivity contribution in [3.8, 4) is 0 Å². The second-order valence-corrected chi connectivity index (χ2v) is 6.20. The number of aryl methyl sites for hydroxylation is 1. The molecule has 7 heteroatoms. The normalized spacial score (nSPS) is 12.0. The summed E-state index contributed by atoms with van der Waals surface area (Å²) in [6.07, 6.45) is -0.252. The molecule has 0 saturated heterocycles. The van der Waals surface area contributed by atoms with Gasteiger partial charge in [0.05, 0.1) is 11.6 Å². The molecule has 0 fully saturated rings. The fourth-order valence-electron chi connectivity index (χ4n) is 1.78. The predicted octanol–water partition coefficient (Wildman–Crippen LogP) is 2.14. The molecule has 1 N–H and O–H groups in total. The van der Waals surface area contributed by atoms with Crippen molar-refractivity contribution < 1.29 is 14.7 Å². The molecule has 0 unspecified atom stereocenters. The number of carboxylic acids is 1. The topological polar surface area (TPSA) is 82.1 Å². The van der Waals surface area contributed by atoms with Crippen LogP contribution in [-0.2, 0) is 16.0 Å². The molecule has 0 spiro atoms. The summed E-state index contributed by atoms with van der Waals surface area (Å²) in [7, 11) is 0. The van der Waals surface area contributed by atoms with Gasteiger partial charge < -0.3 is 15.2 Å². The van der Waals surface area contributed by atoms with Gasteiger partial charge in [0.25, 0.3) is 0 Å². The highest BCUT2D eigenvalue weighted by Gasteiger charge is 2.19. The van der Waals surface area contributed by atoms with Crippen LogP contribution in [0.1, 0.15) is 29.1 Å². The molecule has 1 amide bonds. The lowest BCUT2D eigenvalue weighted by Crippen LogP contribution is -2.24. The number of carbonyl (C=O) groups excluding carboxylic acids is 2. The van der Waals surface area contributed by atoms with Crippen LogP contribution >= 0.6 is 22.9 Å². The minimum atomic E-state index is -1.19. The smallest absolute Gasteiger partial charge is 0.234 e. The van der Waals surface area contributed by atoms with Gasteiger partial charge in [0, 0.05) is 28.5 Å². The molecule has 0 radical (unpaired) electrons. The Kier molecular flexibility index (Phi) is 5.15. The van der Waals surface area contributed by atoms with E-state index in [2.05, 4.69) is 10.3 Å². The molecule has 0 aliphatic heterocycles. The molecule has 5 nitrogen and oxygen atoms in total. The summed E-state index contributed by atoms with van der Waals surface area (Å²) < 4.78 is 0. The van der Waals surface area contributed by atoms with Gasteiger partial charge in [-0.1, -0.05) is 17.7 Å². The minimum Gasteiger partial charge on any atom is -0.550 e. The summed E-state index contributed by atoms with van der Waals surface area (Å²) in [5, 5.41) is 16.1. The number of hydrogen-bond donors (Lipinski definition) is 1. The van der Waals surface area contributed by atoms with Crippen LogP contribution in [0.4, 0.5) is 5.69 Å². The number of rotatable bonds is 5. The predicted molar refractivity (Wildman–Crippen MR) is 84.1 cm³/mol. The Balaban J connectivity index is 2.06. The van der Waals surface area contributed by atoms with Gasteiger partial charge in [0.2, 0.25) is 5.91 Å². The van der Waals surface area contributed by atoms with Crippen molar-refractivity contribution in [1.82, 2.24) is 4.98 Å². The summed E-state index contributed by atoms with van der Waals surface area (Å²) in [5.41, 5.74) is 1.94. The van der Waals surface area contributed by atoms with Crippen LogP contribution in [0, 0.1) is 6.92 Å².